The highest BCUT2D eigenvalue weighted by Gasteiger charge is 2.09. The van der Waals surface area contributed by atoms with Crippen LogP contribution in [0, 0.1) is 6.92 Å². The van der Waals surface area contributed by atoms with E-state index in [4.69, 9.17) is 0 Å². The maximum Gasteiger partial charge on any atom is 0.336 e. The van der Waals surface area contributed by atoms with Crippen LogP contribution in [-0.4, -0.2) is 16.1 Å². The Morgan fingerprint density at radius 3 is 2.45 bits per heavy atom. The number of nitrogens with zero attached hydrogens (tertiary/aromatic N) is 1. The Hall–Kier alpha value is -2.68. The molecule has 2 aromatic carbocycles. The first-order valence-corrected chi connectivity index (χ1v) is 6.35. The summed E-state index contributed by atoms with van der Waals surface area (Å²) in [6.07, 6.45) is 0. The van der Waals surface area contributed by atoms with Crippen LogP contribution >= 0.6 is 0 Å². The van der Waals surface area contributed by atoms with E-state index >= 15 is 0 Å². The summed E-state index contributed by atoms with van der Waals surface area (Å²) in [5.41, 5.74) is 4.05. The van der Waals surface area contributed by atoms with Gasteiger partial charge in [0.1, 0.15) is 0 Å². The molecule has 3 aromatic rings. The average Bonchev–Trinajstić information content (AvgIpc) is 2.46. The molecule has 0 aliphatic rings. The lowest BCUT2D eigenvalue weighted by Gasteiger charge is -2.05. The van der Waals surface area contributed by atoms with Gasteiger partial charge in [0, 0.05) is 10.9 Å². The molecule has 0 fully saturated rings. The molecule has 3 nitrogen and oxygen atoms in total. The summed E-state index contributed by atoms with van der Waals surface area (Å²) in [7, 11) is 0. The molecule has 1 heterocycles. The normalized spacial score (nSPS) is 10.7. The van der Waals surface area contributed by atoms with Gasteiger partial charge in [-0.15, -0.1) is 0 Å². The fourth-order valence-corrected chi connectivity index (χ4v) is 2.23. The minimum Gasteiger partial charge on any atom is -0.478 e. The molecule has 0 bridgehead atoms. The number of carbonyl (C=O) groups is 1. The summed E-state index contributed by atoms with van der Waals surface area (Å²) in [6, 6.07) is 16.9. The van der Waals surface area contributed by atoms with Crippen molar-refractivity contribution in [3.05, 3.63) is 65.7 Å². The molecule has 0 unspecified atom stereocenters. The molecular weight excluding hydrogens is 250 g/mol. The lowest BCUT2D eigenvalue weighted by Crippen LogP contribution is -1.98. The number of aromatic nitrogens is 1. The van der Waals surface area contributed by atoms with Crippen molar-refractivity contribution in [1.29, 1.82) is 0 Å². The second-order valence-electron chi connectivity index (χ2n) is 4.74. The predicted molar refractivity (Wildman–Crippen MR) is 78.9 cm³/mol. The third-order valence-electron chi connectivity index (χ3n) is 3.31. The molecule has 0 saturated carbocycles. The Morgan fingerprint density at radius 2 is 1.75 bits per heavy atom. The zero-order valence-corrected chi connectivity index (χ0v) is 11.0. The van der Waals surface area contributed by atoms with Crippen molar-refractivity contribution in [2.75, 3.05) is 0 Å². The Bertz CT molecular complexity index is 792. The fraction of sp³-hybridized carbons (Fsp3) is 0.0588. The van der Waals surface area contributed by atoms with Crippen LogP contribution in [0.15, 0.2) is 54.6 Å². The van der Waals surface area contributed by atoms with E-state index in [-0.39, 0.29) is 5.56 Å². The van der Waals surface area contributed by atoms with Gasteiger partial charge < -0.3 is 5.11 Å². The molecule has 0 saturated heterocycles. The maximum atomic E-state index is 11.2. The van der Waals surface area contributed by atoms with Crippen LogP contribution in [0.1, 0.15) is 15.9 Å². The maximum absolute atomic E-state index is 11.2. The molecule has 98 valence electrons. The number of pyridine rings is 1. The highest BCUT2D eigenvalue weighted by Crippen LogP contribution is 2.23. The van der Waals surface area contributed by atoms with Crippen molar-refractivity contribution < 1.29 is 9.90 Å². The molecule has 0 aliphatic heterocycles. The second kappa shape index (κ2) is 4.78. The van der Waals surface area contributed by atoms with E-state index in [1.165, 1.54) is 5.56 Å². The fourth-order valence-electron chi connectivity index (χ4n) is 2.23. The van der Waals surface area contributed by atoms with E-state index in [9.17, 15) is 9.90 Å². The lowest BCUT2D eigenvalue weighted by molar-refractivity contribution is 0.0699. The number of aryl methyl sites for hydroxylation is 1. The predicted octanol–water partition coefficient (Wildman–Crippen LogP) is 3.91. The van der Waals surface area contributed by atoms with Gasteiger partial charge in [-0.25, -0.2) is 9.78 Å². The van der Waals surface area contributed by atoms with Crippen molar-refractivity contribution >= 4 is 16.9 Å². The smallest absolute Gasteiger partial charge is 0.336 e. The van der Waals surface area contributed by atoms with Gasteiger partial charge in [0.05, 0.1) is 16.8 Å². The third-order valence-corrected chi connectivity index (χ3v) is 3.31. The second-order valence-corrected chi connectivity index (χ2v) is 4.74. The van der Waals surface area contributed by atoms with Crippen LogP contribution in [0.5, 0.6) is 0 Å². The summed E-state index contributed by atoms with van der Waals surface area (Å²) < 4.78 is 0. The molecule has 20 heavy (non-hydrogen) atoms. The van der Waals surface area contributed by atoms with Crippen molar-refractivity contribution in [2.45, 2.75) is 6.92 Å². The van der Waals surface area contributed by atoms with Crippen LogP contribution in [-0.2, 0) is 0 Å². The SMILES string of the molecule is Cc1ccc(-c2ccc3c(C(=O)O)cccc3n2)cc1. The Morgan fingerprint density at radius 1 is 1.00 bits per heavy atom. The molecule has 0 atom stereocenters. The Balaban J connectivity index is 2.16. The van der Waals surface area contributed by atoms with Crippen molar-refractivity contribution in [3.8, 4) is 11.3 Å². The van der Waals surface area contributed by atoms with E-state index in [0.717, 1.165) is 11.3 Å². The van der Waals surface area contributed by atoms with Crippen LogP contribution in [0.3, 0.4) is 0 Å². The first kappa shape index (κ1) is 12.4. The molecule has 1 aromatic heterocycles. The summed E-state index contributed by atoms with van der Waals surface area (Å²) >= 11 is 0. The van der Waals surface area contributed by atoms with Gasteiger partial charge in [-0.2, -0.15) is 0 Å². The molecule has 0 amide bonds. The lowest BCUT2D eigenvalue weighted by atomic mass is 10.1. The van der Waals surface area contributed by atoms with Crippen LogP contribution in [0.25, 0.3) is 22.2 Å². The number of hydrogen-bond donors (Lipinski definition) is 1. The van der Waals surface area contributed by atoms with Gasteiger partial charge in [0.25, 0.3) is 0 Å². The molecule has 0 aliphatic carbocycles. The van der Waals surface area contributed by atoms with Crippen LogP contribution in [0.2, 0.25) is 0 Å². The number of carboxylic acid groups (broad SMARTS) is 1. The number of fused-ring (bicyclic) bond motifs is 1. The zero-order chi connectivity index (χ0) is 14.1. The quantitative estimate of drug-likeness (QED) is 0.762. The van der Waals surface area contributed by atoms with Gasteiger partial charge >= 0.3 is 5.97 Å². The van der Waals surface area contributed by atoms with E-state index in [1.807, 2.05) is 49.4 Å². The number of rotatable bonds is 2. The number of benzene rings is 2. The van der Waals surface area contributed by atoms with E-state index in [0.29, 0.717) is 10.9 Å². The number of hydrogen-bond acceptors (Lipinski definition) is 2. The summed E-state index contributed by atoms with van der Waals surface area (Å²) in [5, 5.41) is 9.83. The minimum atomic E-state index is -0.930. The largest absolute Gasteiger partial charge is 0.478 e. The molecule has 3 heteroatoms. The van der Waals surface area contributed by atoms with E-state index in [2.05, 4.69) is 4.98 Å². The first-order valence-electron chi connectivity index (χ1n) is 6.35. The average molecular weight is 263 g/mol. The highest BCUT2D eigenvalue weighted by molar-refractivity contribution is 6.02. The summed E-state index contributed by atoms with van der Waals surface area (Å²) in [5.74, 6) is -0.930. The van der Waals surface area contributed by atoms with E-state index in [1.54, 1.807) is 12.1 Å². The molecule has 1 N–H and O–H groups in total. The monoisotopic (exact) mass is 263 g/mol. The van der Waals surface area contributed by atoms with E-state index < -0.39 is 5.97 Å². The van der Waals surface area contributed by atoms with Gasteiger partial charge in [0.15, 0.2) is 0 Å². The topological polar surface area (TPSA) is 50.2 Å². The zero-order valence-electron chi connectivity index (χ0n) is 11.0. The minimum absolute atomic E-state index is 0.283. The standard InChI is InChI=1S/C17H13NO2/c1-11-5-7-12(8-6-11)15-10-9-13-14(17(19)20)3-2-4-16(13)18-15/h2-10H,1H3,(H,19,20). The van der Waals surface area contributed by atoms with Gasteiger partial charge in [0.2, 0.25) is 0 Å². The van der Waals surface area contributed by atoms with Gasteiger partial charge in [-0.05, 0) is 31.2 Å². The first-order chi connectivity index (χ1) is 9.65. The highest BCUT2D eigenvalue weighted by atomic mass is 16.4. The molecule has 0 radical (unpaired) electrons. The molecular formula is C17H13NO2. The van der Waals surface area contributed by atoms with Crippen molar-refractivity contribution in [2.24, 2.45) is 0 Å². The van der Waals surface area contributed by atoms with Gasteiger partial charge in [-0.1, -0.05) is 35.9 Å². The molecule has 0 spiro atoms. The summed E-state index contributed by atoms with van der Waals surface area (Å²) in [4.78, 5) is 15.7. The molecule has 3 rings (SSSR count). The van der Waals surface area contributed by atoms with Crippen LogP contribution < -0.4 is 0 Å². The van der Waals surface area contributed by atoms with Crippen molar-refractivity contribution in [1.82, 2.24) is 4.98 Å². The van der Waals surface area contributed by atoms with Gasteiger partial charge in [-0.3, -0.25) is 0 Å². The van der Waals surface area contributed by atoms with Crippen molar-refractivity contribution in [3.63, 3.8) is 0 Å². The van der Waals surface area contributed by atoms with Crippen LogP contribution in [0.4, 0.5) is 0 Å². The third kappa shape index (κ3) is 2.14. The summed E-state index contributed by atoms with van der Waals surface area (Å²) in [6.45, 7) is 2.04. The Labute approximate surface area is 116 Å². The number of carboxylic acids is 1. The number of aromatic carboxylic acids is 1. The Kier molecular flexibility index (Phi) is 2.95.